The number of rotatable bonds is 7. The Balaban J connectivity index is 1.79. The van der Waals surface area contributed by atoms with Crippen LogP contribution in [0.3, 0.4) is 0 Å². The smallest absolute Gasteiger partial charge is 0.354 e. The predicted molar refractivity (Wildman–Crippen MR) is 129 cm³/mol. The lowest BCUT2D eigenvalue weighted by Gasteiger charge is -2.25. The Morgan fingerprint density at radius 1 is 1.20 bits per heavy atom. The molecule has 1 amide bonds. The minimum absolute atomic E-state index is 0.0402. The Labute approximate surface area is 207 Å². The minimum Gasteiger partial charge on any atom is -0.507 e. The zero-order valence-electron chi connectivity index (χ0n) is 19.5. The number of nitrogens with one attached hydrogen (secondary N) is 1. The number of amides is 1. The second kappa shape index (κ2) is 9.79. The molecule has 1 atom stereocenters. The summed E-state index contributed by atoms with van der Waals surface area (Å²) in [5.41, 5.74) is 1.96. The van der Waals surface area contributed by atoms with Crippen LogP contribution in [-0.2, 0) is 20.9 Å². The molecule has 0 spiro atoms. The number of aromatic amines is 1. The van der Waals surface area contributed by atoms with Crippen molar-refractivity contribution in [1.29, 1.82) is 0 Å². The molecule has 2 N–H and O–H groups in total. The van der Waals surface area contributed by atoms with Crippen molar-refractivity contribution in [2.75, 3.05) is 13.7 Å². The maximum absolute atomic E-state index is 13.2. The minimum atomic E-state index is -0.815. The van der Waals surface area contributed by atoms with Crippen molar-refractivity contribution >= 4 is 35.0 Å². The van der Waals surface area contributed by atoms with E-state index >= 15 is 0 Å². The Bertz CT molecular complexity index is 1310. The molecule has 1 aliphatic rings. The van der Waals surface area contributed by atoms with Crippen molar-refractivity contribution in [3.8, 4) is 0 Å². The molecule has 1 unspecified atom stereocenters. The summed E-state index contributed by atoms with van der Waals surface area (Å²) < 4.78 is 6.69. The molecule has 0 bridgehead atoms. The number of H-pyrrole nitrogens is 1. The number of likely N-dealkylation sites (tertiary alicyclic amines) is 1. The molecule has 182 valence electrons. The van der Waals surface area contributed by atoms with Gasteiger partial charge >= 0.3 is 5.97 Å². The topological polar surface area (TPSA) is 118 Å². The van der Waals surface area contributed by atoms with Gasteiger partial charge in [0.05, 0.1) is 25.1 Å². The Kier molecular flexibility index (Phi) is 6.79. The Morgan fingerprint density at radius 3 is 2.54 bits per heavy atom. The third-order valence-electron chi connectivity index (χ3n) is 6.16. The molecular formula is C25H25ClN4O5. The van der Waals surface area contributed by atoms with Gasteiger partial charge in [0.25, 0.3) is 11.7 Å². The number of carbonyl (C=O) groups is 3. The highest BCUT2D eigenvalue weighted by Gasteiger charge is 2.46. The summed E-state index contributed by atoms with van der Waals surface area (Å²) in [6, 6.07) is 5.98. The summed E-state index contributed by atoms with van der Waals surface area (Å²) in [7, 11) is 1.26. The van der Waals surface area contributed by atoms with E-state index in [-0.39, 0.29) is 23.6 Å². The van der Waals surface area contributed by atoms with Gasteiger partial charge in [0.15, 0.2) is 0 Å². The van der Waals surface area contributed by atoms with Gasteiger partial charge in [-0.25, -0.2) is 9.78 Å². The van der Waals surface area contributed by atoms with E-state index in [0.29, 0.717) is 40.4 Å². The van der Waals surface area contributed by atoms with Crippen molar-refractivity contribution in [2.24, 2.45) is 0 Å². The summed E-state index contributed by atoms with van der Waals surface area (Å²) in [6.45, 7) is 4.20. The van der Waals surface area contributed by atoms with Crippen molar-refractivity contribution in [2.45, 2.75) is 32.9 Å². The number of hydrogen-bond acceptors (Lipinski definition) is 6. The molecule has 10 heteroatoms. The standard InChI is InChI=1S/C25H25ClN4O5/c1-14-18(15(2)28-20(14)25(34)35-3)22(31)19-21(16-5-7-17(26)8-6-16)30(24(33)23(19)32)11-4-10-29-12-9-27-13-29/h5-9,12-13,21,28,31H,4,10-11H2,1-3H3. The number of ketones is 1. The number of hydrogen-bond donors (Lipinski definition) is 2. The van der Waals surface area contributed by atoms with E-state index < -0.39 is 23.7 Å². The number of Topliss-reactive ketones (excluding diaryl/α,β-unsaturated/α-hetero) is 1. The number of methoxy groups -OCH3 is 1. The third kappa shape index (κ3) is 4.46. The first-order valence-electron chi connectivity index (χ1n) is 11.0. The second-order valence-electron chi connectivity index (χ2n) is 8.31. The fourth-order valence-corrected chi connectivity index (χ4v) is 4.62. The normalized spacial score (nSPS) is 17.3. The molecule has 35 heavy (non-hydrogen) atoms. The van der Waals surface area contributed by atoms with E-state index in [2.05, 4.69) is 9.97 Å². The van der Waals surface area contributed by atoms with Crippen LogP contribution in [0.4, 0.5) is 0 Å². The molecule has 0 aliphatic carbocycles. The fourth-order valence-electron chi connectivity index (χ4n) is 4.49. The molecule has 1 saturated heterocycles. The number of aryl methyl sites for hydroxylation is 2. The fraction of sp³-hybridized carbons (Fsp3) is 0.280. The summed E-state index contributed by atoms with van der Waals surface area (Å²) in [6.07, 6.45) is 5.74. The lowest BCUT2D eigenvalue weighted by Crippen LogP contribution is -2.31. The van der Waals surface area contributed by atoms with Crippen LogP contribution in [0.5, 0.6) is 0 Å². The molecule has 0 saturated carbocycles. The van der Waals surface area contributed by atoms with Gasteiger partial charge in [0, 0.05) is 41.8 Å². The van der Waals surface area contributed by atoms with Gasteiger partial charge < -0.3 is 24.3 Å². The zero-order chi connectivity index (χ0) is 25.3. The van der Waals surface area contributed by atoms with Crippen LogP contribution < -0.4 is 0 Å². The average Bonchev–Trinajstić information content (AvgIpc) is 3.52. The van der Waals surface area contributed by atoms with Crippen LogP contribution in [0.15, 0.2) is 48.6 Å². The quantitative estimate of drug-likeness (QED) is 0.222. The number of nitrogens with zero attached hydrogens (tertiary/aromatic N) is 3. The number of aliphatic hydroxyl groups is 1. The highest BCUT2D eigenvalue weighted by Crippen LogP contribution is 2.41. The van der Waals surface area contributed by atoms with Crippen molar-refractivity contribution in [3.05, 3.63) is 81.7 Å². The van der Waals surface area contributed by atoms with Gasteiger partial charge in [-0.15, -0.1) is 0 Å². The highest BCUT2D eigenvalue weighted by atomic mass is 35.5. The van der Waals surface area contributed by atoms with E-state index in [1.165, 1.54) is 12.0 Å². The van der Waals surface area contributed by atoms with E-state index in [0.717, 1.165) is 0 Å². The average molecular weight is 497 g/mol. The highest BCUT2D eigenvalue weighted by molar-refractivity contribution is 6.46. The van der Waals surface area contributed by atoms with Crippen LogP contribution in [0.25, 0.3) is 5.76 Å². The number of aliphatic hydroxyl groups excluding tert-OH is 1. The number of imidazole rings is 1. The first-order chi connectivity index (χ1) is 16.7. The van der Waals surface area contributed by atoms with E-state index in [1.54, 1.807) is 50.6 Å². The van der Waals surface area contributed by atoms with Crippen molar-refractivity contribution in [3.63, 3.8) is 0 Å². The Hall–Kier alpha value is -3.85. The summed E-state index contributed by atoms with van der Waals surface area (Å²) >= 11 is 6.07. The van der Waals surface area contributed by atoms with Crippen LogP contribution in [-0.4, -0.2) is 55.9 Å². The van der Waals surface area contributed by atoms with Gasteiger partial charge in [0.2, 0.25) is 0 Å². The van der Waals surface area contributed by atoms with Gasteiger partial charge in [-0.05, 0) is 43.5 Å². The number of halogens is 1. The number of esters is 1. The second-order valence-corrected chi connectivity index (χ2v) is 8.75. The molecule has 3 aromatic rings. The lowest BCUT2D eigenvalue weighted by molar-refractivity contribution is -0.139. The van der Waals surface area contributed by atoms with Crippen molar-refractivity contribution < 1.29 is 24.2 Å². The van der Waals surface area contributed by atoms with Gasteiger partial charge in [-0.3, -0.25) is 9.59 Å². The molecule has 1 aliphatic heterocycles. The number of carbonyl (C=O) groups excluding carboxylic acids is 3. The summed E-state index contributed by atoms with van der Waals surface area (Å²) in [5, 5.41) is 11.9. The monoisotopic (exact) mass is 496 g/mol. The lowest BCUT2D eigenvalue weighted by atomic mass is 9.94. The summed E-state index contributed by atoms with van der Waals surface area (Å²) in [4.78, 5) is 46.9. The van der Waals surface area contributed by atoms with Crippen LogP contribution >= 0.6 is 11.6 Å². The molecule has 9 nitrogen and oxygen atoms in total. The first-order valence-corrected chi connectivity index (χ1v) is 11.4. The maximum Gasteiger partial charge on any atom is 0.354 e. The van der Waals surface area contributed by atoms with Gasteiger partial charge in [-0.1, -0.05) is 23.7 Å². The van der Waals surface area contributed by atoms with Crippen LogP contribution in [0, 0.1) is 13.8 Å². The van der Waals surface area contributed by atoms with E-state index in [4.69, 9.17) is 16.3 Å². The molecule has 0 radical (unpaired) electrons. The largest absolute Gasteiger partial charge is 0.507 e. The van der Waals surface area contributed by atoms with Crippen LogP contribution in [0.2, 0.25) is 5.02 Å². The summed E-state index contributed by atoms with van der Waals surface area (Å²) in [5.74, 6) is -2.43. The van der Waals surface area contributed by atoms with E-state index in [1.807, 2.05) is 10.8 Å². The van der Waals surface area contributed by atoms with Crippen LogP contribution in [0.1, 0.15) is 45.3 Å². The predicted octanol–water partition coefficient (Wildman–Crippen LogP) is 3.78. The van der Waals surface area contributed by atoms with Crippen molar-refractivity contribution in [1.82, 2.24) is 19.4 Å². The molecule has 4 rings (SSSR count). The third-order valence-corrected chi connectivity index (χ3v) is 6.42. The number of ether oxygens (including phenoxy) is 1. The zero-order valence-corrected chi connectivity index (χ0v) is 20.3. The first kappa shape index (κ1) is 24.3. The number of benzene rings is 1. The molecular weight excluding hydrogens is 472 g/mol. The molecule has 2 aromatic heterocycles. The number of aromatic nitrogens is 3. The van der Waals surface area contributed by atoms with Gasteiger partial charge in [0.1, 0.15) is 11.5 Å². The molecule has 1 aromatic carbocycles. The SMILES string of the molecule is COC(=O)c1[nH]c(C)c(C(O)=C2C(=O)C(=O)N(CCCn3ccnc3)C2c2ccc(Cl)cc2)c1C. The Morgan fingerprint density at radius 2 is 1.91 bits per heavy atom. The van der Waals surface area contributed by atoms with E-state index in [9.17, 15) is 19.5 Å². The van der Waals surface area contributed by atoms with Gasteiger partial charge in [-0.2, -0.15) is 0 Å². The maximum atomic E-state index is 13.2. The molecule has 3 heterocycles. The molecule has 1 fully saturated rings.